The highest BCUT2D eigenvalue weighted by Gasteiger charge is 2.25. The zero-order valence-electron chi connectivity index (χ0n) is 9.52. The standard InChI is InChI=1S/C11H16N2OS/c1-9-7-12-6-5-10(9)8-13-15(14)11(2,3)4/h5-8H,1-4H3/b13-8-/t15-/m1/s1. The van der Waals surface area contributed by atoms with Gasteiger partial charge in [-0.3, -0.25) is 4.98 Å². The molecule has 0 saturated heterocycles. The summed E-state index contributed by atoms with van der Waals surface area (Å²) in [6.45, 7) is 7.66. The molecule has 0 aliphatic carbocycles. The van der Waals surface area contributed by atoms with Crippen LogP contribution in [0.5, 0.6) is 0 Å². The SMILES string of the molecule is Cc1cnccc1/C=N\[S@+]([O-])C(C)(C)C. The van der Waals surface area contributed by atoms with E-state index in [-0.39, 0.29) is 4.75 Å². The Labute approximate surface area is 94.0 Å². The van der Waals surface area contributed by atoms with E-state index in [0.717, 1.165) is 11.1 Å². The summed E-state index contributed by atoms with van der Waals surface area (Å²) in [7, 11) is 0. The molecule has 1 atom stereocenters. The first-order chi connectivity index (χ1) is 6.91. The maximum absolute atomic E-state index is 11.6. The highest BCUT2D eigenvalue weighted by atomic mass is 32.2. The van der Waals surface area contributed by atoms with Crippen molar-refractivity contribution in [2.75, 3.05) is 0 Å². The van der Waals surface area contributed by atoms with Crippen LogP contribution in [-0.2, 0) is 11.4 Å². The third kappa shape index (κ3) is 3.64. The lowest BCUT2D eigenvalue weighted by Crippen LogP contribution is -2.25. The predicted molar refractivity (Wildman–Crippen MR) is 64.5 cm³/mol. The van der Waals surface area contributed by atoms with Crippen molar-refractivity contribution in [3.63, 3.8) is 0 Å². The molecule has 0 bridgehead atoms. The van der Waals surface area contributed by atoms with E-state index in [0.29, 0.717) is 0 Å². The fraction of sp³-hybridized carbons (Fsp3) is 0.455. The van der Waals surface area contributed by atoms with Gasteiger partial charge < -0.3 is 4.55 Å². The average Bonchev–Trinajstić information content (AvgIpc) is 2.14. The normalized spacial score (nSPS) is 14.5. The largest absolute Gasteiger partial charge is 0.591 e. The van der Waals surface area contributed by atoms with Crippen molar-refractivity contribution in [3.8, 4) is 0 Å². The van der Waals surface area contributed by atoms with Crippen LogP contribution in [0.3, 0.4) is 0 Å². The maximum atomic E-state index is 11.6. The number of pyridine rings is 1. The Kier molecular flexibility index (Phi) is 3.88. The molecule has 1 aromatic heterocycles. The monoisotopic (exact) mass is 224 g/mol. The molecule has 82 valence electrons. The Morgan fingerprint density at radius 1 is 1.47 bits per heavy atom. The summed E-state index contributed by atoms with van der Waals surface area (Å²) in [5, 5.41) is 0. The molecule has 1 aromatic rings. The summed E-state index contributed by atoms with van der Waals surface area (Å²) in [6.07, 6.45) is 5.12. The van der Waals surface area contributed by atoms with E-state index in [1.54, 1.807) is 18.6 Å². The molecule has 3 nitrogen and oxygen atoms in total. The van der Waals surface area contributed by atoms with Crippen LogP contribution in [0.4, 0.5) is 0 Å². The van der Waals surface area contributed by atoms with E-state index in [4.69, 9.17) is 0 Å². The molecule has 0 fully saturated rings. The van der Waals surface area contributed by atoms with Crippen molar-refractivity contribution in [3.05, 3.63) is 29.6 Å². The molecule has 1 rings (SSSR count). The molecule has 0 amide bonds. The molecule has 4 heteroatoms. The lowest BCUT2D eigenvalue weighted by atomic mass is 10.2. The lowest BCUT2D eigenvalue weighted by molar-refractivity contribution is 0.562. The first-order valence-electron chi connectivity index (χ1n) is 4.78. The number of hydrogen-bond donors (Lipinski definition) is 0. The van der Waals surface area contributed by atoms with Crippen molar-refractivity contribution >= 4 is 17.6 Å². The van der Waals surface area contributed by atoms with E-state index in [9.17, 15) is 4.55 Å². The molecule has 0 saturated carbocycles. The van der Waals surface area contributed by atoms with Gasteiger partial charge in [-0.25, -0.2) is 0 Å². The van der Waals surface area contributed by atoms with E-state index in [2.05, 4.69) is 9.38 Å². The molecule has 0 aliphatic rings. The zero-order chi connectivity index (χ0) is 11.5. The summed E-state index contributed by atoms with van der Waals surface area (Å²) >= 11 is -1.20. The van der Waals surface area contributed by atoms with Gasteiger partial charge in [0.15, 0.2) is 0 Å². The highest BCUT2D eigenvalue weighted by molar-refractivity contribution is 7.91. The first kappa shape index (κ1) is 12.2. The number of aryl methyl sites for hydroxylation is 1. The molecule has 0 N–H and O–H groups in total. The van der Waals surface area contributed by atoms with Gasteiger partial charge >= 0.3 is 0 Å². The summed E-state index contributed by atoms with van der Waals surface area (Å²) in [6, 6.07) is 1.86. The Bertz CT molecular complexity index is 358. The van der Waals surface area contributed by atoms with Gasteiger partial charge in [0.2, 0.25) is 0 Å². The minimum absolute atomic E-state index is 0.308. The van der Waals surface area contributed by atoms with Crippen molar-refractivity contribution in [2.24, 2.45) is 4.40 Å². The highest BCUT2D eigenvalue weighted by Crippen LogP contribution is 2.17. The van der Waals surface area contributed by atoms with E-state index in [1.807, 2.05) is 33.8 Å². The van der Waals surface area contributed by atoms with Crippen LogP contribution >= 0.6 is 0 Å². The summed E-state index contributed by atoms with van der Waals surface area (Å²) in [5.74, 6) is 0. The zero-order valence-corrected chi connectivity index (χ0v) is 10.3. The molecular weight excluding hydrogens is 208 g/mol. The number of nitrogens with zero attached hydrogens (tertiary/aromatic N) is 2. The quantitative estimate of drug-likeness (QED) is 0.571. The van der Waals surface area contributed by atoms with Crippen LogP contribution in [-0.4, -0.2) is 20.5 Å². The van der Waals surface area contributed by atoms with Crippen LogP contribution in [0.25, 0.3) is 0 Å². The number of rotatable bonds is 2. The second-order valence-electron chi connectivity index (χ2n) is 4.33. The van der Waals surface area contributed by atoms with E-state index >= 15 is 0 Å². The number of aromatic nitrogens is 1. The average molecular weight is 224 g/mol. The van der Waals surface area contributed by atoms with Crippen molar-refractivity contribution in [1.82, 2.24) is 4.98 Å². The van der Waals surface area contributed by atoms with Gasteiger partial charge in [0.25, 0.3) is 0 Å². The molecule has 1 heterocycles. The van der Waals surface area contributed by atoms with Crippen molar-refractivity contribution < 1.29 is 4.55 Å². The van der Waals surface area contributed by atoms with Crippen LogP contribution < -0.4 is 0 Å². The van der Waals surface area contributed by atoms with Gasteiger partial charge in [0.1, 0.15) is 16.1 Å². The van der Waals surface area contributed by atoms with E-state index < -0.39 is 11.4 Å². The second-order valence-corrected chi connectivity index (χ2v) is 6.26. The smallest absolute Gasteiger partial charge is 0.144 e. The molecule has 0 radical (unpaired) electrons. The Morgan fingerprint density at radius 3 is 2.67 bits per heavy atom. The summed E-state index contributed by atoms with van der Waals surface area (Å²) < 4.78 is 15.4. The van der Waals surface area contributed by atoms with Crippen molar-refractivity contribution in [1.29, 1.82) is 0 Å². The number of hydrogen-bond acceptors (Lipinski definition) is 3. The van der Waals surface area contributed by atoms with Crippen LogP contribution in [0.1, 0.15) is 31.9 Å². The molecular formula is C11H16N2OS. The van der Waals surface area contributed by atoms with Gasteiger partial charge in [-0.1, -0.05) is 4.40 Å². The van der Waals surface area contributed by atoms with Crippen molar-refractivity contribution in [2.45, 2.75) is 32.4 Å². The van der Waals surface area contributed by atoms with Crippen LogP contribution in [0, 0.1) is 6.92 Å². The fourth-order valence-electron chi connectivity index (χ4n) is 0.892. The predicted octanol–water partition coefficient (Wildman–Crippen LogP) is 2.27. The Balaban J connectivity index is 2.79. The van der Waals surface area contributed by atoms with Gasteiger partial charge in [0.05, 0.1) is 6.21 Å². The molecule has 0 spiro atoms. The molecule has 15 heavy (non-hydrogen) atoms. The molecule has 0 aromatic carbocycles. The third-order valence-electron chi connectivity index (χ3n) is 1.88. The van der Waals surface area contributed by atoms with Gasteiger partial charge in [-0.05, 0) is 39.3 Å². The second kappa shape index (κ2) is 4.77. The first-order valence-corrected chi connectivity index (χ1v) is 5.88. The minimum atomic E-state index is -1.20. The molecule has 0 unspecified atom stereocenters. The summed E-state index contributed by atoms with van der Waals surface area (Å²) in [5.41, 5.74) is 2.00. The van der Waals surface area contributed by atoms with Gasteiger partial charge in [-0.2, -0.15) is 0 Å². The van der Waals surface area contributed by atoms with Gasteiger partial charge in [0, 0.05) is 18.0 Å². The Hall–Kier alpha value is -0.870. The Morgan fingerprint density at radius 2 is 2.13 bits per heavy atom. The third-order valence-corrected chi connectivity index (χ3v) is 3.22. The minimum Gasteiger partial charge on any atom is -0.591 e. The lowest BCUT2D eigenvalue weighted by Gasteiger charge is -2.17. The fourth-order valence-corrected chi connectivity index (χ4v) is 1.42. The van der Waals surface area contributed by atoms with Gasteiger partial charge in [-0.15, -0.1) is 0 Å². The molecule has 0 aliphatic heterocycles. The topological polar surface area (TPSA) is 48.3 Å². The van der Waals surface area contributed by atoms with Crippen LogP contribution in [0.2, 0.25) is 0 Å². The van der Waals surface area contributed by atoms with Crippen LogP contribution in [0.15, 0.2) is 22.9 Å². The van der Waals surface area contributed by atoms with E-state index in [1.165, 1.54) is 0 Å². The maximum Gasteiger partial charge on any atom is 0.144 e. The summed E-state index contributed by atoms with van der Waals surface area (Å²) in [4.78, 5) is 3.98.